The molecule has 0 radical (unpaired) electrons. The van der Waals surface area contributed by atoms with E-state index in [1.807, 2.05) is 24.3 Å². The third kappa shape index (κ3) is 9.68. The smallest absolute Gasteiger partial charge is 0.415 e. The van der Waals surface area contributed by atoms with Crippen LogP contribution in [0.25, 0.3) is 5.57 Å². The highest BCUT2D eigenvalue weighted by Gasteiger charge is 2.73. The van der Waals surface area contributed by atoms with Gasteiger partial charge < -0.3 is 28.8 Å². The molecule has 2 aliphatic carbocycles. The summed E-state index contributed by atoms with van der Waals surface area (Å²) in [7, 11) is 0. The van der Waals surface area contributed by atoms with Crippen molar-refractivity contribution in [3.8, 4) is 11.5 Å². The van der Waals surface area contributed by atoms with Gasteiger partial charge in [0, 0.05) is 42.2 Å². The summed E-state index contributed by atoms with van der Waals surface area (Å²) in [4.78, 5) is 63.6. The number of rotatable bonds is 15. The number of alkyl halides is 3. The molecule has 1 saturated carbocycles. The SMILES string of the molecule is CC(C)(OC(=O)N1C2CN(C(=O)Oc3cccc(CO[N+](=O)[O-])c3)CC23CC(c2ccc(CCCOc4c(F)ccc(F)c4F)cc2)=C(C(=O)N(Cc2ccccc2F)C2CC2)C13)C(Cl)(Cl)Cl. The first-order valence-corrected chi connectivity index (χ1v) is 22.5. The Kier molecular flexibility index (Phi) is 13.3. The monoisotopic (exact) mass is 988 g/mol. The van der Waals surface area contributed by atoms with Crippen molar-refractivity contribution < 1.29 is 56.1 Å². The summed E-state index contributed by atoms with van der Waals surface area (Å²) < 4.78 is 72.1. The fourth-order valence-electron chi connectivity index (χ4n) is 9.09. The van der Waals surface area contributed by atoms with E-state index >= 15 is 9.18 Å². The van der Waals surface area contributed by atoms with E-state index in [-0.39, 0.29) is 56.6 Å². The van der Waals surface area contributed by atoms with Crippen LogP contribution >= 0.6 is 34.8 Å². The molecule has 4 aromatic rings. The Morgan fingerprint density at radius 3 is 2.30 bits per heavy atom. The maximum atomic E-state index is 15.4. The average Bonchev–Trinajstić information content (AvgIpc) is 4.02. The number of halogens is 7. The van der Waals surface area contributed by atoms with Crippen molar-refractivity contribution in [1.82, 2.24) is 14.7 Å². The molecule has 0 N–H and O–H groups in total. The van der Waals surface area contributed by atoms with Crippen molar-refractivity contribution >= 4 is 58.5 Å². The van der Waals surface area contributed by atoms with Crippen LogP contribution in [0, 0.1) is 38.8 Å². The minimum atomic E-state index is -2.08. The fourth-order valence-corrected chi connectivity index (χ4v) is 9.20. The highest BCUT2D eigenvalue weighted by molar-refractivity contribution is 6.68. The Morgan fingerprint density at radius 1 is 0.896 bits per heavy atom. The predicted octanol–water partition coefficient (Wildman–Crippen LogP) is 10.2. The van der Waals surface area contributed by atoms with E-state index in [2.05, 4.69) is 4.84 Å². The van der Waals surface area contributed by atoms with Gasteiger partial charge in [-0.1, -0.05) is 89.4 Å². The van der Waals surface area contributed by atoms with Crippen LogP contribution in [0.5, 0.6) is 11.5 Å². The molecule has 4 aromatic carbocycles. The number of benzene rings is 4. The summed E-state index contributed by atoms with van der Waals surface area (Å²) in [6, 6.07) is 18.9. The van der Waals surface area contributed by atoms with Crippen LogP contribution in [0.2, 0.25) is 0 Å². The molecule has 3 fully saturated rings. The van der Waals surface area contributed by atoms with Gasteiger partial charge in [-0.2, -0.15) is 4.39 Å². The molecular weight excluding hydrogens is 947 g/mol. The first-order valence-electron chi connectivity index (χ1n) is 21.3. The van der Waals surface area contributed by atoms with Crippen LogP contribution < -0.4 is 9.47 Å². The third-order valence-electron chi connectivity index (χ3n) is 12.7. The normalized spacial score (nSPS) is 19.9. The molecule has 2 heterocycles. The average molecular weight is 990 g/mol. The van der Waals surface area contributed by atoms with Gasteiger partial charge in [0.25, 0.3) is 11.0 Å². The number of carbonyl (C=O) groups excluding carboxylic acids is 3. The van der Waals surface area contributed by atoms with Crippen molar-refractivity contribution in [1.29, 1.82) is 0 Å². The van der Waals surface area contributed by atoms with Crippen molar-refractivity contribution in [3.05, 3.63) is 146 Å². The van der Waals surface area contributed by atoms with E-state index in [1.165, 1.54) is 41.8 Å². The summed E-state index contributed by atoms with van der Waals surface area (Å²) in [5.74, 6) is -5.33. The minimum absolute atomic E-state index is 0.0184. The maximum Gasteiger partial charge on any atom is 0.415 e. The van der Waals surface area contributed by atoms with Gasteiger partial charge in [0.15, 0.2) is 23.0 Å². The van der Waals surface area contributed by atoms with E-state index in [0.29, 0.717) is 54.0 Å². The number of hydrogen-bond donors (Lipinski definition) is 0. The molecule has 3 unspecified atom stereocenters. The molecule has 0 aromatic heterocycles. The van der Waals surface area contributed by atoms with Crippen LogP contribution in [0.3, 0.4) is 0 Å². The second-order valence-corrected chi connectivity index (χ2v) is 19.8. The number of ether oxygens (including phenoxy) is 3. The van der Waals surface area contributed by atoms with Crippen LogP contribution in [0.15, 0.2) is 90.5 Å². The Balaban J connectivity index is 1.13. The number of nitrogens with zero attached hydrogens (tertiary/aromatic N) is 4. The highest BCUT2D eigenvalue weighted by Crippen LogP contribution is 2.63. The molecule has 354 valence electrons. The first kappa shape index (κ1) is 47.7. The number of allylic oxidation sites excluding steroid dienone is 1. The molecule has 0 bridgehead atoms. The van der Waals surface area contributed by atoms with Gasteiger partial charge in [0.2, 0.25) is 9.61 Å². The Bertz CT molecular complexity index is 2630. The summed E-state index contributed by atoms with van der Waals surface area (Å²) in [5, 5.41) is 9.86. The molecule has 8 rings (SSSR count). The van der Waals surface area contributed by atoms with E-state index in [4.69, 9.17) is 49.0 Å². The van der Waals surface area contributed by atoms with E-state index in [1.54, 1.807) is 35.2 Å². The number of amides is 3. The summed E-state index contributed by atoms with van der Waals surface area (Å²) in [6.07, 6.45) is 0.546. The lowest BCUT2D eigenvalue weighted by atomic mass is 9.66. The molecule has 3 amide bonds. The van der Waals surface area contributed by atoms with Crippen LogP contribution in [0.4, 0.5) is 27.2 Å². The minimum Gasteiger partial charge on any atom is -0.488 e. The van der Waals surface area contributed by atoms with Gasteiger partial charge in [-0.3, -0.25) is 9.69 Å². The van der Waals surface area contributed by atoms with Crippen LogP contribution in [-0.4, -0.2) is 85.1 Å². The van der Waals surface area contributed by atoms with Crippen LogP contribution in [-0.2, 0) is 33.9 Å². The quantitative estimate of drug-likeness (QED) is 0.0284. The molecule has 13 nitrogen and oxygen atoms in total. The first-order chi connectivity index (χ1) is 31.8. The third-order valence-corrected chi connectivity index (χ3v) is 14.0. The molecule has 20 heteroatoms. The number of carbonyl (C=O) groups is 3. The molecule has 3 atom stereocenters. The maximum absolute atomic E-state index is 15.4. The van der Waals surface area contributed by atoms with Gasteiger partial charge in [-0.05, 0) is 98.5 Å². The summed E-state index contributed by atoms with van der Waals surface area (Å²) >= 11 is 18.8. The van der Waals surface area contributed by atoms with Crippen molar-refractivity contribution in [2.24, 2.45) is 5.41 Å². The zero-order valence-electron chi connectivity index (χ0n) is 36.0. The van der Waals surface area contributed by atoms with E-state index < -0.39 is 79.1 Å². The molecule has 4 aliphatic rings. The van der Waals surface area contributed by atoms with Crippen molar-refractivity contribution in [3.63, 3.8) is 0 Å². The number of hydrogen-bond acceptors (Lipinski definition) is 9. The van der Waals surface area contributed by atoms with Crippen LogP contribution in [0.1, 0.15) is 61.8 Å². The zero-order valence-corrected chi connectivity index (χ0v) is 38.3. The predicted molar refractivity (Wildman–Crippen MR) is 237 cm³/mol. The lowest BCUT2D eigenvalue weighted by Crippen LogP contribution is -2.72. The topological polar surface area (TPSA) is 141 Å². The van der Waals surface area contributed by atoms with E-state index in [0.717, 1.165) is 11.6 Å². The Hall–Kier alpha value is -5.78. The molecule has 2 aliphatic heterocycles. The highest BCUT2D eigenvalue weighted by atomic mass is 35.6. The standard InChI is InChI=1S/C47H43Cl3F4N4O9/c1-45(2,47(48,49)50)67-44(61)57-37-24-55(43(60)66-32-10-5-7-28(21-32)25-65-58(62)63)26-46(37)22-33(38(41(46)57)42(59)56(31-16-17-31)23-30-9-3-4-11-34(30)51)29-14-12-27(13-15-29)8-6-20-64-40-36(53)19-18-35(52)39(40)54/h3-5,7,9-15,18-19,21,31,37,41H,6,8,16-17,20,22-26H2,1-2H3. The lowest BCUT2D eigenvalue weighted by Gasteiger charge is -2.57. The van der Waals surface area contributed by atoms with E-state index in [9.17, 15) is 32.9 Å². The number of aryl methyl sites for hydroxylation is 1. The fraction of sp³-hybridized carbons (Fsp3) is 0.383. The lowest BCUT2D eigenvalue weighted by molar-refractivity contribution is -0.763. The van der Waals surface area contributed by atoms with Gasteiger partial charge in [0.05, 0.1) is 18.7 Å². The van der Waals surface area contributed by atoms with Crippen molar-refractivity contribution in [2.45, 2.75) is 86.6 Å². The largest absolute Gasteiger partial charge is 0.488 e. The molecular formula is C47H43Cl3F4N4O9. The molecule has 67 heavy (non-hydrogen) atoms. The van der Waals surface area contributed by atoms with Gasteiger partial charge >= 0.3 is 12.2 Å². The second-order valence-electron chi connectivity index (χ2n) is 17.5. The van der Waals surface area contributed by atoms with Gasteiger partial charge in [-0.25, -0.2) is 22.8 Å². The number of likely N-dealkylation sites (tertiary alicyclic amines) is 2. The molecule has 2 saturated heterocycles. The van der Waals surface area contributed by atoms with Gasteiger partial charge in [-0.15, -0.1) is 10.1 Å². The Labute approximate surface area is 397 Å². The molecule has 1 spiro atoms. The Morgan fingerprint density at radius 2 is 1.61 bits per heavy atom. The van der Waals surface area contributed by atoms with Gasteiger partial charge in [0.1, 0.15) is 18.2 Å². The zero-order chi connectivity index (χ0) is 48.0. The second kappa shape index (κ2) is 18.7. The van der Waals surface area contributed by atoms with Crippen molar-refractivity contribution in [2.75, 3.05) is 19.7 Å². The summed E-state index contributed by atoms with van der Waals surface area (Å²) in [5.41, 5.74) is 0.285. The summed E-state index contributed by atoms with van der Waals surface area (Å²) in [6.45, 7) is 2.25.